The normalized spacial score (nSPS) is 10.9. The Labute approximate surface area is 205 Å². The number of imidazole rings is 1. The van der Waals surface area contributed by atoms with Crippen LogP contribution in [0.3, 0.4) is 0 Å². The second-order valence-corrected chi connectivity index (χ2v) is 8.01. The predicted octanol–water partition coefficient (Wildman–Crippen LogP) is 3.75. The van der Waals surface area contributed by atoms with Crippen molar-refractivity contribution in [2.24, 2.45) is 0 Å². The number of ether oxygens (including phenoxy) is 2. The quantitative estimate of drug-likeness (QED) is 0.370. The maximum absolute atomic E-state index is 13.2. The Morgan fingerprint density at radius 2 is 1.67 bits per heavy atom. The highest BCUT2D eigenvalue weighted by Crippen LogP contribution is 2.25. The molecule has 0 aliphatic heterocycles. The lowest BCUT2D eigenvalue weighted by molar-refractivity contribution is -0.116. The lowest BCUT2D eigenvalue weighted by Crippen LogP contribution is -2.22. The third kappa shape index (κ3) is 4.07. The van der Waals surface area contributed by atoms with Gasteiger partial charge in [0.25, 0.3) is 5.56 Å². The third-order valence-corrected chi connectivity index (χ3v) is 5.83. The van der Waals surface area contributed by atoms with E-state index in [9.17, 15) is 14.4 Å². The fourth-order valence-corrected chi connectivity index (χ4v) is 4.17. The molecule has 36 heavy (non-hydrogen) atoms. The molecule has 0 bridgehead atoms. The highest BCUT2D eigenvalue weighted by atomic mass is 16.5. The Kier molecular flexibility index (Phi) is 5.95. The SMILES string of the molecule is COC(=O)c1ccccc1NC(=O)Cn1c2ccccc2n2c(=O)cc(-c3cccc(OC)c3)nc12. The molecule has 0 spiro atoms. The molecule has 2 aromatic heterocycles. The molecule has 0 radical (unpaired) electrons. The summed E-state index contributed by atoms with van der Waals surface area (Å²) in [6.07, 6.45) is 0. The van der Waals surface area contributed by atoms with Crippen molar-refractivity contribution in [3.05, 3.63) is 94.8 Å². The van der Waals surface area contributed by atoms with Crippen molar-refractivity contribution in [1.29, 1.82) is 0 Å². The number of para-hydroxylation sites is 3. The summed E-state index contributed by atoms with van der Waals surface area (Å²) in [5.74, 6) is 0.00571. The number of hydrogen-bond donors (Lipinski definition) is 1. The van der Waals surface area contributed by atoms with Crippen LogP contribution in [0.25, 0.3) is 28.1 Å². The van der Waals surface area contributed by atoms with Crippen molar-refractivity contribution in [2.45, 2.75) is 6.54 Å². The Morgan fingerprint density at radius 1 is 0.917 bits per heavy atom. The van der Waals surface area contributed by atoms with Crippen LogP contribution in [0.1, 0.15) is 10.4 Å². The minimum Gasteiger partial charge on any atom is -0.497 e. The van der Waals surface area contributed by atoms with E-state index in [0.29, 0.717) is 39.5 Å². The summed E-state index contributed by atoms with van der Waals surface area (Å²) in [4.78, 5) is 43.2. The van der Waals surface area contributed by atoms with Gasteiger partial charge in [0.05, 0.1) is 42.2 Å². The van der Waals surface area contributed by atoms with Gasteiger partial charge in [0, 0.05) is 11.6 Å². The minimum absolute atomic E-state index is 0.138. The van der Waals surface area contributed by atoms with Gasteiger partial charge in [-0.3, -0.25) is 9.59 Å². The van der Waals surface area contributed by atoms with E-state index < -0.39 is 11.9 Å². The van der Waals surface area contributed by atoms with Crippen LogP contribution in [-0.2, 0) is 16.1 Å². The highest BCUT2D eigenvalue weighted by Gasteiger charge is 2.19. The van der Waals surface area contributed by atoms with Crippen molar-refractivity contribution in [3.8, 4) is 17.0 Å². The number of aromatic nitrogens is 3. The molecular formula is C27H22N4O5. The Bertz CT molecular complexity index is 1690. The van der Waals surface area contributed by atoms with Gasteiger partial charge in [0.15, 0.2) is 0 Å². The molecule has 5 aromatic rings. The number of carbonyl (C=O) groups is 2. The minimum atomic E-state index is -0.557. The molecule has 0 unspecified atom stereocenters. The standard InChI is InChI=1S/C27H22N4O5/c1-35-18-9-7-8-17(14-18)21-15-25(33)31-23-13-6-5-12-22(23)30(27(31)29-21)16-24(32)28-20-11-4-3-10-19(20)26(34)36-2/h3-15H,16H2,1-2H3,(H,28,32). The molecule has 0 fully saturated rings. The first-order chi connectivity index (χ1) is 17.5. The topological polar surface area (TPSA) is 104 Å². The van der Waals surface area contributed by atoms with Gasteiger partial charge in [-0.1, -0.05) is 36.4 Å². The number of carbonyl (C=O) groups excluding carboxylic acids is 2. The Hall–Kier alpha value is -4.92. The fraction of sp³-hybridized carbons (Fsp3) is 0.111. The van der Waals surface area contributed by atoms with Gasteiger partial charge in [0.1, 0.15) is 12.3 Å². The van der Waals surface area contributed by atoms with Gasteiger partial charge in [-0.15, -0.1) is 0 Å². The predicted molar refractivity (Wildman–Crippen MR) is 135 cm³/mol. The van der Waals surface area contributed by atoms with E-state index in [-0.39, 0.29) is 17.7 Å². The lowest BCUT2D eigenvalue weighted by Gasteiger charge is -2.11. The van der Waals surface area contributed by atoms with E-state index in [0.717, 1.165) is 0 Å². The Morgan fingerprint density at radius 3 is 2.44 bits per heavy atom. The van der Waals surface area contributed by atoms with Crippen molar-refractivity contribution < 1.29 is 19.1 Å². The zero-order valence-electron chi connectivity index (χ0n) is 19.6. The van der Waals surface area contributed by atoms with Gasteiger partial charge in [0.2, 0.25) is 11.7 Å². The summed E-state index contributed by atoms with van der Waals surface area (Å²) in [7, 11) is 2.85. The number of nitrogens with one attached hydrogen (secondary N) is 1. The summed E-state index contributed by atoms with van der Waals surface area (Å²) < 4.78 is 13.3. The monoisotopic (exact) mass is 482 g/mol. The molecular weight excluding hydrogens is 460 g/mol. The maximum atomic E-state index is 13.2. The van der Waals surface area contributed by atoms with Gasteiger partial charge in [-0.2, -0.15) is 0 Å². The van der Waals surface area contributed by atoms with E-state index in [1.54, 1.807) is 48.1 Å². The fourth-order valence-electron chi connectivity index (χ4n) is 4.17. The average Bonchev–Trinajstić information content (AvgIpc) is 3.22. The number of anilines is 1. The van der Waals surface area contributed by atoms with Gasteiger partial charge < -0.3 is 19.4 Å². The van der Waals surface area contributed by atoms with Crippen LogP contribution in [0.2, 0.25) is 0 Å². The van der Waals surface area contributed by atoms with E-state index in [1.165, 1.54) is 17.6 Å². The molecule has 5 rings (SSSR count). The summed E-state index contributed by atoms with van der Waals surface area (Å²) in [5, 5.41) is 2.78. The number of amides is 1. The summed E-state index contributed by atoms with van der Waals surface area (Å²) in [5.41, 5.74) is 2.76. The first kappa shape index (κ1) is 22.9. The van der Waals surface area contributed by atoms with Crippen LogP contribution in [-0.4, -0.2) is 40.0 Å². The number of methoxy groups -OCH3 is 2. The highest BCUT2D eigenvalue weighted by molar-refractivity contribution is 6.01. The van der Waals surface area contributed by atoms with Crippen molar-refractivity contribution in [2.75, 3.05) is 19.5 Å². The van der Waals surface area contributed by atoms with E-state index in [2.05, 4.69) is 5.32 Å². The zero-order chi connectivity index (χ0) is 25.2. The summed E-state index contributed by atoms with van der Waals surface area (Å²) in [6, 6.07) is 22.6. The molecule has 9 nitrogen and oxygen atoms in total. The number of nitrogens with zero attached hydrogens (tertiary/aromatic N) is 3. The van der Waals surface area contributed by atoms with Crippen LogP contribution in [0, 0.1) is 0 Å². The Balaban J connectivity index is 1.61. The number of esters is 1. The number of benzene rings is 3. The zero-order valence-corrected chi connectivity index (χ0v) is 19.6. The second kappa shape index (κ2) is 9.38. The summed E-state index contributed by atoms with van der Waals surface area (Å²) in [6.45, 7) is -0.138. The molecule has 1 N–H and O–H groups in total. The van der Waals surface area contributed by atoms with E-state index in [1.807, 2.05) is 36.4 Å². The number of rotatable bonds is 6. The van der Waals surface area contributed by atoms with E-state index >= 15 is 0 Å². The first-order valence-electron chi connectivity index (χ1n) is 11.1. The third-order valence-electron chi connectivity index (χ3n) is 5.83. The van der Waals surface area contributed by atoms with Crippen molar-refractivity contribution in [1.82, 2.24) is 14.0 Å². The molecule has 0 saturated heterocycles. The smallest absolute Gasteiger partial charge is 0.339 e. The lowest BCUT2D eigenvalue weighted by atomic mass is 10.1. The van der Waals surface area contributed by atoms with Crippen LogP contribution in [0.5, 0.6) is 5.75 Å². The van der Waals surface area contributed by atoms with Crippen LogP contribution < -0.4 is 15.6 Å². The molecule has 0 aliphatic carbocycles. The second-order valence-electron chi connectivity index (χ2n) is 8.01. The molecule has 0 saturated carbocycles. The number of hydrogen-bond acceptors (Lipinski definition) is 6. The number of fused-ring (bicyclic) bond motifs is 3. The van der Waals surface area contributed by atoms with Crippen LogP contribution in [0.15, 0.2) is 83.7 Å². The summed E-state index contributed by atoms with van der Waals surface area (Å²) >= 11 is 0. The molecule has 0 aliphatic rings. The average molecular weight is 482 g/mol. The van der Waals surface area contributed by atoms with Crippen molar-refractivity contribution >= 4 is 34.4 Å². The largest absolute Gasteiger partial charge is 0.497 e. The van der Waals surface area contributed by atoms with Gasteiger partial charge >= 0.3 is 5.97 Å². The molecule has 3 aromatic carbocycles. The van der Waals surface area contributed by atoms with Gasteiger partial charge in [-0.05, 0) is 36.4 Å². The van der Waals surface area contributed by atoms with E-state index in [4.69, 9.17) is 14.5 Å². The maximum Gasteiger partial charge on any atom is 0.339 e. The van der Waals surface area contributed by atoms with Crippen LogP contribution >= 0.6 is 0 Å². The molecule has 180 valence electrons. The van der Waals surface area contributed by atoms with Crippen molar-refractivity contribution in [3.63, 3.8) is 0 Å². The first-order valence-corrected chi connectivity index (χ1v) is 11.1. The molecule has 1 amide bonds. The molecule has 9 heteroatoms. The van der Waals surface area contributed by atoms with Gasteiger partial charge in [-0.25, -0.2) is 14.2 Å². The molecule has 2 heterocycles. The van der Waals surface area contributed by atoms with Crippen LogP contribution in [0.4, 0.5) is 5.69 Å². The molecule has 0 atom stereocenters.